The minimum Gasteiger partial charge on any atom is -0.392 e. The van der Waals surface area contributed by atoms with Gasteiger partial charge in [0.1, 0.15) is 5.82 Å². The van der Waals surface area contributed by atoms with Crippen LogP contribution >= 0.6 is 11.6 Å². The van der Waals surface area contributed by atoms with E-state index in [0.717, 1.165) is 36.2 Å². The normalized spacial score (nSPS) is 23.6. The fourth-order valence-electron chi connectivity index (χ4n) is 5.31. The van der Waals surface area contributed by atoms with E-state index < -0.39 is 6.10 Å². The zero-order valence-electron chi connectivity index (χ0n) is 16.9. The van der Waals surface area contributed by atoms with E-state index in [4.69, 9.17) is 11.6 Å². The van der Waals surface area contributed by atoms with E-state index in [1.54, 1.807) is 12.1 Å². The minimum atomic E-state index is -0.450. The van der Waals surface area contributed by atoms with Gasteiger partial charge in [0.25, 0.3) is 0 Å². The van der Waals surface area contributed by atoms with Crippen molar-refractivity contribution in [2.45, 2.75) is 38.7 Å². The lowest BCUT2D eigenvalue weighted by atomic mass is 9.67. The molecule has 0 aliphatic heterocycles. The predicted octanol–water partition coefficient (Wildman–Crippen LogP) is 5.62. The Balaban J connectivity index is 1.44. The van der Waals surface area contributed by atoms with Crippen molar-refractivity contribution in [1.82, 2.24) is 9.78 Å². The van der Waals surface area contributed by atoms with Crippen molar-refractivity contribution in [3.05, 3.63) is 88.0 Å². The van der Waals surface area contributed by atoms with E-state index >= 15 is 0 Å². The Morgan fingerprint density at radius 3 is 2.77 bits per heavy atom. The Morgan fingerprint density at radius 1 is 1.23 bits per heavy atom. The number of aliphatic hydroxyl groups is 1. The van der Waals surface area contributed by atoms with Crippen LogP contribution in [0.25, 0.3) is 11.8 Å². The van der Waals surface area contributed by atoms with E-state index in [1.165, 1.54) is 23.3 Å². The molecular formula is C25H24ClFN2O. The van der Waals surface area contributed by atoms with Crippen molar-refractivity contribution in [3.63, 3.8) is 0 Å². The van der Waals surface area contributed by atoms with Gasteiger partial charge in [-0.25, -0.2) is 9.07 Å². The largest absolute Gasteiger partial charge is 0.392 e. The van der Waals surface area contributed by atoms with Crippen molar-refractivity contribution >= 4 is 17.7 Å². The summed E-state index contributed by atoms with van der Waals surface area (Å²) in [7, 11) is 0. The maximum absolute atomic E-state index is 13.3. The molecule has 1 fully saturated rings. The van der Waals surface area contributed by atoms with E-state index in [-0.39, 0.29) is 17.2 Å². The van der Waals surface area contributed by atoms with Crippen LogP contribution in [0.5, 0.6) is 0 Å². The summed E-state index contributed by atoms with van der Waals surface area (Å²) < 4.78 is 15.2. The molecule has 2 aliphatic rings. The Bertz CT molecular complexity index is 1120. The molecule has 0 amide bonds. The van der Waals surface area contributed by atoms with Gasteiger partial charge >= 0.3 is 0 Å². The molecule has 3 atom stereocenters. The predicted molar refractivity (Wildman–Crippen MR) is 117 cm³/mol. The average Bonchev–Trinajstić information content (AvgIpc) is 3.28. The minimum absolute atomic E-state index is 0.0929. The van der Waals surface area contributed by atoms with Gasteiger partial charge in [0.05, 0.1) is 23.7 Å². The van der Waals surface area contributed by atoms with Crippen LogP contribution in [0.15, 0.2) is 60.3 Å². The van der Waals surface area contributed by atoms with E-state index in [2.05, 4.69) is 18.1 Å². The number of hydrogen-bond donors (Lipinski definition) is 1. The first kappa shape index (κ1) is 19.5. The standard InChI is InChI=1S/C25H24ClFN2O/c1-25-14-17-15-28-29(20-9-7-19(27)8-10-20)23(17)13-18(25)6-11-21(25)24(30)12-16-4-2-3-5-22(16)26/h2-5,7-10,13,15,21,24,30H,6,11-12,14H2,1H3/t21-,24-,25+/m1/s1. The lowest BCUT2D eigenvalue weighted by molar-refractivity contribution is 0.0566. The van der Waals surface area contributed by atoms with E-state index in [1.807, 2.05) is 35.1 Å². The molecule has 0 saturated heterocycles. The molecule has 1 N–H and O–H groups in total. The second kappa shape index (κ2) is 7.36. The Kier molecular flexibility index (Phi) is 4.79. The summed E-state index contributed by atoms with van der Waals surface area (Å²) in [5, 5.41) is 16.4. The molecule has 3 aromatic rings. The van der Waals surface area contributed by atoms with Crippen molar-refractivity contribution < 1.29 is 9.50 Å². The summed E-state index contributed by atoms with van der Waals surface area (Å²) in [6.07, 6.45) is 7.03. The maximum atomic E-state index is 13.3. The number of fused-ring (bicyclic) bond motifs is 2. The quantitative estimate of drug-likeness (QED) is 0.592. The first-order chi connectivity index (χ1) is 14.5. The first-order valence-electron chi connectivity index (χ1n) is 10.4. The topological polar surface area (TPSA) is 38.0 Å². The van der Waals surface area contributed by atoms with E-state index in [0.29, 0.717) is 11.4 Å². The van der Waals surface area contributed by atoms with Crippen molar-refractivity contribution in [1.29, 1.82) is 0 Å². The summed E-state index contributed by atoms with van der Waals surface area (Å²) in [6.45, 7) is 2.27. The van der Waals surface area contributed by atoms with Gasteiger partial charge in [0, 0.05) is 11.4 Å². The van der Waals surface area contributed by atoms with Gasteiger partial charge in [-0.05, 0) is 78.1 Å². The monoisotopic (exact) mass is 422 g/mol. The molecule has 1 aromatic heterocycles. The SMILES string of the molecule is C[C@]12Cc3cnn(-c4ccc(F)cc4)c3C=C1CC[C@@H]2[C@H](O)Cc1ccccc1Cl. The molecule has 30 heavy (non-hydrogen) atoms. The van der Waals surface area contributed by atoms with Crippen molar-refractivity contribution in [2.75, 3.05) is 0 Å². The smallest absolute Gasteiger partial charge is 0.123 e. The first-order valence-corrected chi connectivity index (χ1v) is 10.8. The van der Waals surface area contributed by atoms with Gasteiger partial charge < -0.3 is 5.11 Å². The van der Waals surface area contributed by atoms with Gasteiger partial charge in [-0.15, -0.1) is 0 Å². The third-order valence-corrected chi connectivity index (χ3v) is 7.32. The molecule has 5 heteroatoms. The Morgan fingerprint density at radius 2 is 2.00 bits per heavy atom. The number of benzene rings is 2. The molecule has 0 bridgehead atoms. The molecule has 3 nitrogen and oxygen atoms in total. The third kappa shape index (κ3) is 3.19. The second-order valence-electron chi connectivity index (χ2n) is 8.72. The van der Waals surface area contributed by atoms with Gasteiger partial charge in [-0.1, -0.05) is 42.3 Å². The zero-order chi connectivity index (χ0) is 20.9. The van der Waals surface area contributed by atoms with Crippen molar-refractivity contribution in [3.8, 4) is 5.69 Å². The van der Waals surface area contributed by atoms with Crippen LogP contribution in [0.3, 0.4) is 0 Å². The second-order valence-corrected chi connectivity index (χ2v) is 9.12. The van der Waals surface area contributed by atoms with Crippen molar-refractivity contribution in [2.24, 2.45) is 11.3 Å². The summed E-state index contributed by atoms with van der Waals surface area (Å²) in [5.74, 6) is -0.0841. The van der Waals surface area contributed by atoms with Crippen LogP contribution in [0.1, 0.15) is 36.6 Å². The molecular weight excluding hydrogens is 399 g/mol. The number of aliphatic hydroxyl groups excluding tert-OH is 1. The molecule has 5 rings (SSSR count). The van der Waals surface area contributed by atoms with E-state index in [9.17, 15) is 9.50 Å². The summed E-state index contributed by atoms with van der Waals surface area (Å²) in [6, 6.07) is 14.2. The lowest BCUT2D eigenvalue weighted by Gasteiger charge is -2.38. The average molecular weight is 423 g/mol. The molecule has 0 unspecified atom stereocenters. The van der Waals surface area contributed by atoms with Crippen LogP contribution in [0.2, 0.25) is 5.02 Å². The Hall–Kier alpha value is -2.43. The summed E-state index contributed by atoms with van der Waals surface area (Å²) in [5.41, 5.74) is 5.35. The van der Waals surface area contributed by atoms with Crippen LogP contribution in [0, 0.1) is 17.2 Å². The highest BCUT2D eigenvalue weighted by molar-refractivity contribution is 6.31. The molecule has 0 radical (unpaired) electrons. The fraction of sp³-hybridized carbons (Fsp3) is 0.320. The summed E-state index contributed by atoms with van der Waals surface area (Å²) in [4.78, 5) is 0. The number of halogens is 2. The molecule has 1 heterocycles. The molecule has 2 aliphatic carbocycles. The lowest BCUT2D eigenvalue weighted by Crippen LogP contribution is -2.37. The highest BCUT2D eigenvalue weighted by atomic mass is 35.5. The highest BCUT2D eigenvalue weighted by Gasteiger charge is 2.48. The number of aromatic nitrogens is 2. The molecule has 1 saturated carbocycles. The van der Waals surface area contributed by atoms with Crippen LogP contribution in [0.4, 0.5) is 4.39 Å². The zero-order valence-corrected chi connectivity index (χ0v) is 17.6. The number of allylic oxidation sites excluding steroid dienone is 1. The molecule has 0 spiro atoms. The van der Waals surface area contributed by atoms with Gasteiger partial charge in [0.15, 0.2) is 0 Å². The highest BCUT2D eigenvalue weighted by Crippen LogP contribution is 2.54. The number of hydrogen-bond acceptors (Lipinski definition) is 2. The fourth-order valence-corrected chi connectivity index (χ4v) is 5.53. The third-order valence-electron chi connectivity index (χ3n) is 6.95. The number of rotatable bonds is 4. The van der Waals surface area contributed by atoms with Gasteiger partial charge in [0.2, 0.25) is 0 Å². The molecule has 2 aromatic carbocycles. The summed E-state index contributed by atoms with van der Waals surface area (Å²) >= 11 is 6.33. The van der Waals surface area contributed by atoms with Gasteiger partial charge in [-0.3, -0.25) is 0 Å². The van der Waals surface area contributed by atoms with Crippen LogP contribution in [-0.2, 0) is 12.8 Å². The Labute approximate surface area is 180 Å². The van der Waals surface area contributed by atoms with Gasteiger partial charge in [-0.2, -0.15) is 5.10 Å². The van der Waals surface area contributed by atoms with Crippen LogP contribution < -0.4 is 0 Å². The van der Waals surface area contributed by atoms with Crippen LogP contribution in [-0.4, -0.2) is 21.0 Å². The molecule has 154 valence electrons. The number of nitrogens with zero attached hydrogens (tertiary/aromatic N) is 2. The maximum Gasteiger partial charge on any atom is 0.123 e.